The predicted octanol–water partition coefficient (Wildman–Crippen LogP) is 8.98. The highest BCUT2D eigenvalue weighted by atomic mass is 35.9. The van der Waals surface area contributed by atoms with E-state index in [0.29, 0.717) is 18.6 Å². The molecule has 0 aromatic heterocycles. The minimum Gasteiger partial charge on any atom is -0.305 e. The maximum atomic E-state index is 12.3. The molecular weight excluding hydrogens is 482 g/mol. The fourth-order valence-corrected chi connectivity index (χ4v) is 5.68. The summed E-state index contributed by atoms with van der Waals surface area (Å²) in [6.07, 6.45) is 11.0. The zero-order chi connectivity index (χ0) is 22.7. The average molecular weight is 522 g/mol. The van der Waals surface area contributed by atoms with E-state index in [1.54, 1.807) is 0 Å². The van der Waals surface area contributed by atoms with Crippen molar-refractivity contribution in [1.29, 1.82) is 0 Å². The highest BCUT2D eigenvalue weighted by Crippen LogP contribution is 2.57. The van der Waals surface area contributed by atoms with Crippen LogP contribution in [-0.2, 0) is 18.7 Å². The van der Waals surface area contributed by atoms with E-state index in [0.717, 1.165) is 43.9 Å². The second-order valence-corrected chi connectivity index (χ2v) is 14.3. The SMILES string of the molecule is CCCCCCCCC(=O)SC[C@@H](COP(=O)(Cl)Cl)SC(=O)CCCCCCCC. The largest absolute Gasteiger partial charge is 0.380 e. The van der Waals surface area contributed by atoms with Crippen molar-refractivity contribution >= 4 is 62.3 Å². The Morgan fingerprint density at radius 3 is 1.77 bits per heavy atom. The van der Waals surface area contributed by atoms with Crippen LogP contribution in [0.25, 0.3) is 0 Å². The maximum absolute atomic E-state index is 12.3. The molecule has 30 heavy (non-hydrogen) atoms. The maximum Gasteiger partial charge on any atom is 0.380 e. The number of halogens is 2. The molecule has 0 fully saturated rings. The van der Waals surface area contributed by atoms with Crippen LogP contribution in [0.3, 0.4) is 0 Å². The number of hydrogen-bond acceptors (Lipinski definition) is 6. The van der Waals surface area contributed by atoms with Gasteiger partial charge in [-0.3, -0.25) is 14.2 Å². The lowest BCUT2D eigenvalue weighted by molar-refractivity contribution is -0.112. The Labute approximate surface area is 201 Å². The van der Waals surface area contributed by atoms with Gasteiger partial charge in [-0.2, -0.15) is 0 Å². The van der Waals surface area contributed by atoms with Gasteiger partial charge in [-0.25, -0.2) is 0 Å². The molecule has 0 radical (unpaired) electrons. The third-order valence-electron chi connectivity index (χ3n) is 4.61. The molecule has 178 valence electrons. The summed E-state index contributed by atoms with van der Waals surface area (Å²) in [5, 5.41) is -0.0941. The molecule has 0 spiro atoms. The van der Waals surface area contributed by atoms with Crippen LogP contribution in [0.4, 0.5) is 0 Å². The van der Waals surface area contributed by atoms with Crippen LogP contribution in [0.5, 0.6) is 0 Å². The molecule has 0 saturated carbocycles. The van der Waals surface area contributed by atoms with E-state index in [9.17, 15) is 14.2 Å². The lowest BCUT2D eigenvalue weighted by Gasteiger charge is -2.15. The van der Waals surface area contributed by atoms with E-state index in [-0.39, 0.29) is 22.1 Å². The smallest absolute Gasteiger partial charge is 0.305 e. The van der Waals surface area contributed by atoms with Gasteiger partial charge in [-0.1, -0.05) is 102 Å². The standard InChI is InChI=1S/C21H39Cl2O4PS2/c1-3-5-7-9-11-13-15-20(24)29-18-19(17-27-28(22,23)26)30-21(25)16-14-12-10-8-6-4-2/h19H,3-18H2,1-2H3/t19-/m1/s1. The van der Waals surface area contributed by atoms with E-state index >= 15 is 0 Å². The molecule has 0 bridgehead atoms. The van der Waals surface area contributed by atoms with Crippen molar-refractivity contribution in [2.45, 2.75) is 109 Å². The minimum atomic E-state index is -3.65. The number of unbranched alkanes of at least 4 members (excludes halogenated alkanes) is 10. The fraction of sp³-hybridized carbons (Fsp3) is 0.905. The van der Waals surface area contributed by atoms with Crippen LogP contribution in [0.1, 0.15) is 104 Å². The van der Waals surface area contributed by atoms with Crippen LogP contribution < -0.4 is 0 Å². The summed E-state index contributed by atoms with van der Waals surface area (Å²) in [7, 11) is 0. The molecule has 0 unspecified atom stereocenters. The first kappa shape index (κ1) is 30.8. The lowest BCUT2D eigenvalue weighted by atomic mass is 10.1. The normalized spacial score (nSPS) is 12.8. The second-order valence-electron chi connectivity index (χ2n) is 7.54. The Kier molecular flexibility index (Phi) is 21.0. The quantitative estimate of drug-likeness (QED) is 0.118. The number of carbonyl (C=O) groups excluding carboxylic acids is 2. The molecule has 0 aliphatic rings. The van der Waals surface area contributed by atoms with Gasteiger partial charge in [0.1, 0.15) is 0 Å². The first-order chi connectivity index (χ1) is 14.3. The molecule has 0 amide bonds. The van der Waals surface area contributed by atoms with Crippen molar-refractivity contribution in [2.75, 3.05) is 12.4 Å². The average Bonchev–Trinajstić information content (AvgIpc) is 2.68. The van der Waals surface area contributed by atoms with Gasteiger partial charge in [0, 0.05) is 23.8 Å². The summed E-state index contributed by atoms with van der Waals surface area (Å²) in [5.41, 5.74) is 0. The van der Waals surface area contributed by atoms with Gasteiger partial charge in [-0.15, -0.1) is 0 Å². The summed E-state index contributed by atoms with van der Waals surface area (Å²) in [6.45, 7) is 4.36. The zero-order valence-electron chi connectivity index (χ0n) is 18.5. The molecule has 0 aromatic rings. The Morgan fingerprint density at radius 1 is 0.800 bits per heavy atom. The van der Waals surface area contributed by atoms with Crippen LogP contribution >= 0.6 is 52.1 Å². The molecule has 1 atom stereocenters. The summed E-state index contributed by atoms with van der Waals surface area (Å²) in [4.78, 5) is 24.4. The summed E-state index contributed by atoms with van der Waals surface area (Å²) in [5.74, 6) is 0.426. The Bertz CT molecular complexity index is 503. The van der Waals surface area contributed by atoms with Crippen molar-refractivity contribution in [2.24, 2.45) is 0 Å². The van der Waals surface area contributed by atoms with E-state index in [1.807, 2.05) is 0 Å². The number of carbonyl (C=O) groups is 2. The highest BCUT2D eigenvalue weighted by Gasteiger charge is 2.22. The molecule has 0 aromatic carbocycles. The fourth-order valence-electron chi connectivity index (χ4n) is 2.89. The molecule has 0 saturated heterocycles. The Hall–Kier alpha value is 0.810. The van der Waals surface area contributed by atoms with Crippen molar-refractivity contribution < 1.29 is 18.7 Å². The molecule has 0 rings (SSSR count). The topological polar surface area (TPSA) is 60.4 Å². The van der Waals surface area contributed by atoms with Crippen molar-refractivity contribution in [3.05, 3.63) is 0 Å². The number of thioether (sulfide) groups is 2. The first-order valence-corrected chi connectivity index (χ1v) is 16.6. The van der Waals surface area contributed by atoms with E-state index in [1.165, 1.54) is 56.7 Å². The van der Waals surface area contributed by atoms with Gasteiger partial charge in [0.25, 0.3) is 0 Å². The lowest BCUT2D eigenvalue weighted by Crippen LogP contribution is -2.17. The summed E-state index contributed by atoms with van der Waals surface area (Å²) < 4.78 is 16.4. The van der Waals surface area contributed by atoms with Crippen LogP contribution in [-0.4, -0.2) is 27.8 Å². The molecule has 4 nitrogen and oxygen atoms in total. The van der Waals surface area contributed by atoms with Gasteiger partial charge < -0.3 is 4.52 Å². The van der Waals surface area contributed by atoms with Crippen LogP contribution in [0, 0.1) is 0 Å². The number of hydrogen-bond donors (Lipinski definition) is 0. The first-order valence-electron chi connectivity index (χ1n) is 11.3. The van der Waals surface area contributed by atoms with Crippen LogP contribution in [0.2, 0.25) is 0 Å². The van der Waals surface area contributed by atoms with Crippen molar-refractivity contribution in [3.8, 4) is 0 Å². The van der Waals surface area contributed by atoms with E-state index in [2.05, 4.69) is 13.8 Å². The van der Waals surface area contributed by atoms with E-state index in [4.69, 9.17) is 27.0 Å². The predicted molar refractivity (Wildman–Crippen MR) is 135 cm³/mol. The molecule has 0 aliphatic heterocycles. The second kappa shape index (κ2) is 20.4. The van der Waals surface area contributed by atoms with Crippen molar-refractivity contribution in [1.82, 2.24) is 0 Å². The molecular formula is C21H39Cl2O4PS2. The molecule has 0 N–H and O–H groups in total. The molecule has 0 aliphatic carbocycles. The van der Waals surface area contributed by atoms with Crippen LogP contribution in [0.15, 0.2) is 0 Å². The van der Waals surface area contributed by atoms with Crippen molar-refractivity contribution in [3.63, 3.8) is 0 Å². The van der Waals surface area contributed by atoms with Gasteiger partial charge in [-0.05, 0) is 35.3 Å². The summed E-state index contributed by atoms with van der Waals surface area (Å²) >= 11 is 13.3. The molecule has 9 heteroatoms. The third kappa shape index (κ3) is 22.0. The van der Waals surface area contributed by atoms with Gasteiger partial charge in [0.2, 0.25) is 0 Å². The minimum absolute atomic E-state index is 0.00547. The molecule has 0 heterocycles. The Morgan fingerprint density at radius 2 is 1.27 bits per heavy atom. The zero-order valence-corrected chi connectivity index (χ0v) is 22.6. The summed E-state index contributed by atoms with van der Waals surface area (Å²) in [6, 6.07) is 0. The number of rotatable bonds is 20. The van der Waals surface area contributed by atoms with Gasteiger partial charge in [0.05, 0.1) is 6.61 Å². The highest BCUT2D eigenvalue weighted by molar-refractivity contribution is 8.17. The monoisotopic (exact) mass is 520 g/mol. The third-order valence-corrected chi connectivity index (χ3v) is 8.05. The Balaban J connectivity index is 4.21. The van der Waals surface area contributed by atoms with Gasteiger partial charge >= 0.3 is 6.07 Å². The van der Waals surface area contributed by atoms with E-state index < -0.39 is 6.07 Å². The van der Waals surface area contributed by atoms with Gasteiger partial charge in [0.15, 0.2) is 10.2 Å².